The number of aromatic nitrogens is 1. The molecule has 1 saturated heterocycles. The molecule has 0 amide bonds. The molecule has 0 aliphatic carbocycles. The van der Waals surface area contributed by atoms with Crippen molar-refractivity contribution in [1.82, 2.24) is 10.3 Å². The van der Waals surface area contributed by atoms with Gasteiger partial charge >= 0.3 is 0 Å². The Hall–Kier alpha value is -2.42. The van der Waals surface area contributed by atoms with Crippen LogP contribution >= 0.6 is 11.3 Å². The zero-order chi connectivity index (χ0) is 20.6. The predicted octanol–water partition coefficient (Wildman–Crippen LogP) is 0.212. The average Bonchev–Trinajstić information content (AvgIpc) is 3.19. The lowest BCUT2D eigenvalue weighted by molar-refractivity contribution is -0.117. The molecular formula is C21H25N3O4S. The molecule has 154 valence electrons. The summed E-state index contributed by atoms with van der Waals surface area (Å²) in [6.45, 7) is 7.03. The largest absolute Gasteiger partial charge is 0.490 e. The van der Waals surface area contributed by atoms with Gasteiger partial charge in [-0.15, -0.1) is 11.3 Å². The number of H-pyrrole nitrogens is 1. The number of thiazole rings is 1. The molecule has 0 atom stereocenters. The van der Waals surface area contributed by atoms with Crippen LogP contribution in [0.4, 0.5) is 5.69 Å². The maximum absolute atomic E-state index is 12.5. The molecule has 2 aliphatic rings. The minimum absolute atomic E-state index is 0.0289. The van der Waals surface area contributed by atoms with Gasteiger partial charge in [-0.05, 0) is 37.6 Å². The normalized spacial score (nSPS) is 20.7. The zero-order valence-electron chi connectivity index (χ0n) is 16.8. The summed E-state index contributed by atoms with van der Waals surface area (Å²) in [5.41, 5.74) is 1.78. The first-order valence-corrected chi connectivity index (χ1v) is 10.5. The summed E-state index contributed by atoms with van der Waals surface area (Å²) >= 11 is 1.32. The second-order valence-electron chi connectivity index (χ2n) is 7.74. The summed E-state index contributed by atoms with van der Waals surface area (Å²) in [6.07, 6.45) is 1.86. The Morgan fingerprint density at radius 2 is 2.17 bits per heavy atom. The van der Waals surface area contributed by atoms with Crippen molar-refractivity contribution in [2.24, 2.45) is 0 Å². The van der Waals surface area contributed by atoms with E-state index in [2.05, 4.69) is 15.2 Å². The molecule has 7 nitrogen and oxygen atoms in total. The van der Waals surface area contributed by atoms with E-state index in [1.54, 1.807) is 7.11 Å². The number of hydrogen-bond acceptors (Lipinski definition) is 7. The number of nitrogens with one attached hydrogen (secondary N) is 2. The summed E-state index contributed by atoms with van der Waals surface area (Å²) in [4.78, 5) is 30.1. The first-order chi connectivity index (χ1) is 13.9. The Morgan fingerprint density at radius 1 is 1.34 bits per heavy atom. The highest BCUT2D eigenvalue weighted by Gasteiger charge is 2.36. The lowest BCUT2D eigenvalue weighted by atomic mass is 10.00. The van der Waals surface area contributed by atoms with Crippen molar-refractivity contribution >= 4 is 34.5 Å². The van der Waals surface area contributed by atoms with Gasteiger partial charge in [0.15, 0.2) is 5.78 Å². The SMILES string of the molecule is COCCN1CCOc2ccc(/C=c3\s/c(=C4\CNC(C)(C)C4=O)[nH]c3=O)cc21. The second-order valence-corrected chi connectivity index (χ2v) is 8.79. The number of rotatable bonds is 4. The topological polar surface area (TPSA) is 83.7 Å². The molecule has 0 unspecified atom stereocenters. The van der Waals surface area contributed by atoms with Gasteiger partial charge in [-0.3, -0.25) is 9.59 Å². The number of aromatic amines is 1. The minimum Gasteiger partial charge on any atom is -0.490 e. The quantitative estimate of drug-likeness (QED) is 0.743. The molecule has 2 N–H and O–H groups in total. The maximum atomic E-state index is 12.5. The molecule has 8 heteroatoms. The van der Waals surface area contributed by atoms with Crippen LogP contribution in [-0.4, -0.2) is 56.3 Å². The Morgan fingerprint density at radius 3 is 2.90 bits per heavy atom. The van der Waals surface area contributed by atoms with Crippen LogP contribution in [0.5, 0.6) is 5.75 Å². The van der Waals surface area contributed by atoms with Crippen molar-refractivity contribution in [3.05, 3.63) is 43.3 Å². The first kappa shape index (κ1) is 19.9. The zero-order valence-corrected chi connectivity index (χ0v) is 17.6. The van der Waals surface area contributed by atoms with Gasteiger partial charge < -0.3 is 24.7 Å². The molecule has 0 bridgehead atoms. The number of anilines is 1. The third-order valence-corrected chi connectivity index (χ3v) is 6.37. The number of benzene rings is 1. The number of fused-ring (bicyclic) bond motifs is 1. The summed E-state index contributed by atoms with van der Waals surface area (Å²) < 4.78 is 12.2. The number of Topliss-reactive ketones (excluding diaryl/α,β-unsaturated/α-hetero) is 1. The molecule has 2 aromatic rings. The maximum Gasteiger partial charge on any atom is 0.266 e. The highest BCUT2D eigenvalue weighted by Crippen LogP contribution is 2.32. The van der Waals surface area contributed by atoms with E-state index in [1.807, 2.05) is 38.1 Å². The fourth-order valence-electron chi connectivity index (χ4n) is 3.57. The van der Waals surface area contributed by atoms with E-state index in [9.17, 15) is 9.59 Å². The second kappa shape index (κ2) is 7.78. The third kappa shape index (κ3) is 3.88. The Labute approximate surface area is 172 Å². The van der Waals surface area contributed by atoms with Crippen molar-refractivity contribution in [3.63, 3.8) is 0 Å². The van der Waals surface area contributed by atoms with Gasteiger partial charge in [-0.1, -0.05) is 6.07 Å². The highest BCUT2D eigenvalue weighted by molar-refractivity contribution is 7.07. The summed E-state index contributed by atoms with van der Waals surface area (Å²) in [5.74, 6) is 0.868. The van der Waals surface area contributed by atoms with Crippen LogP contribution in [-0.2, 0) is 9.53 Å². The van der Waals surface area contributed by atoms with E-state index >= 15 is 0 Å². The van der Waals surface area contributed by atoms with Gasteiger partial charge in [0.05, 0.1) is 28.9 Å². The van der Waals surface area contributed by atoms with Crippen molar-refractivity contribution in [3.8, 4) is 5.75 Å². The first-order valence-electron chi connectivity index (χ1n) is 9.63. The molecule has 2 aliphatic heterocycles. The molecule has 0 radical (unpaired) electrons. The van der Waals surface area contributed by atoms with E-state index in [1.165, 1.54) is 11.3 Å². The fraction of sp³-hybridized carbons (Fsp3) is 0.429. The molecular weight excluding hydrogens is 390 g/mol. The Bertz CT molecular complexity index is 1120. The summed E-state index contributed by atoms with van der Waals surface area (Å²) in [6, 6.07) is 5.90. The molecule has 3 heterocycles. The minimum atomic E-state index is -0.593. The van der Waals surface area contributed by atoms with E-state index in [4.69, 9.17) is 9.47 Å². The predicted molar refractivity (Wildman–Crippen MR) is 114 cm³/mol. The Kier molecular flexibility index (Phi) is 5.33. The summed E-state index contributed by atoms with van der Waals surface area (Å²) in [7, 11) is 1.69. The number of carbonyl (C=O) groups is 1. The molecule has 1 aromatic carbocycles. The summed E-state index contributed by atoms with van der Waals surface area (Å²) in [5, 5.41) is 3.19. The van der Waals surface area contributed by atoms with Crippen molar-refractivity contribution in [2.75, 3.05) is 44.9 Å². The molecule has 0 spiro atoms. The average molecular weight is 416 g/mol. The molecule has 0 saturated carbocycles. The number of ether oxygens (including phenoxy) is 2. The van der Waals surface area contributed by atoms with Crippen molar-refractivity contribution < 1.29 is 14.3 Å². The third-order valence-electron chi connectivity index (χ3n) is 5.29. The van der Waals surface area contributed by atoms with Crippen molar-refractivity contribution in [1.29, 1.82) is 0 Å². The van der Waals surface area contributed by atoms with E-state index in [0.717, 1.165) is 30.1 Å². The van der Waals surface area contributed by atoms with Gasteiger partial charge in [-0.2, -0.15) is 0 Å². The van der Waals surface area contributed by atoms with E-state index in [-0.39, 0.29) is 11.3 Å². The molecule has 4 rings (SSSR count). The molecule has 29 heavy (non-hydrogen) atoms. The van der Waals surface area contributed by atoms with Crippen LogP contribution in [0.1, 0.15) is 19.4 Å². The molecule has 1 aromatic heterocycles. The van der Waals surface area contributed by atoms with Crippen LogP contribution in [0.25, 0.3) is 11.6 Å². The monoisotopic (exact) mass is 415 g/mol. The molecule has 1 fully saturated rings. The van der Waals surface area contributed by atoms with Gasteiger partial charge in [0.1, 0.15) is 17.0 Å². The van der Waals surface area contributed by atoms with Crippen LogP contribution in [0.15, 0.2) is 23.0 Å². The number of nitrogens with zero attached hydrogens (tertiary/aromatic N) is 1. The lowest BCUT2D eigenvalue weighted by Gasteiger charge is -2.31. The van der Waals surface area contributed by atoms with Crippen LogP contribution < -0.4 is 29.7 Å². The number of carbonyl (C=O) groups excluding carboxylic acids is 1. The van der Waals surface area contributed by atoms with Gasteiger partial charge in [0.2, 0.25) is 0 Å². The number of hydrogen-bond donors (Lipinski definition) is 2. The standard InChI is InChI=1S/C21H25N3O4S/c1-21(2)18(25)14(12-22-21)20-23-19(26)17(29-20)11-13-4-5-16-15(10-13)24(6-8-27-3)7-9-28-16/h4-5,10-11,22H,6-9,12H2,1-3H3,(H,23,26)/b17-11-,20-14+. The van der Waals surface area contributed by atoms with Gasteiger partial charge in [0.25, 0.3) is 5.56 Å². The van der Waals surface area contributed by atoms with Gasteiger partial charge in [0, 0.05) is 25.8 Å². The van der Waals surface area contributed by atoms with Crippen LogP contribution in [0.3, 0.4) is 0 Å². The Balaban J connectivity index is 1.72. The van der Waals surface area contributed by atoms with E-state index < -0.39 is 5.54 Å². The highest BCUT2D eigenvalue weighted by atomic mass is 32.1. The van der Waals surface area contributed by atoms with Crippen LogP contribution in [0.2, 0.25) is 0 Å². The smallest absolute Gasteiger partial charge is 0.266 e. The fourth-order valence-corrected chi connectivity index (χ4v) is 4.56. The van der Waals surface area contributed by atoms with Gasteiger partial charge in [-0.25, -0.2) is 0 Å². The van der Waals surface area contributed by atoms with E-state index in [0.29, 0.717) is 34.5 Å². The number of methoxy groups -OCH3 is 1. The van der Waals surface area contributed by atoms with Crippen LogP contribution in [0, 0.1) is 0 Å². The lowest BCUT2D eigenvalue weighted by Crippen LogP contribution is -2.38. The number of ketones is 1. The van der Waals surface area contributed by atoms with Crippen molar-refractivity contribution in [2.45, 2.75) is 19.4 Å².